The molecule has 0 aliphatic carbocycles. The second-order valence-corrected chi connectivity index (χ2v) is 11.5. The molecule has 0 bridgehead atoms. The molecule has 0 fully saturated rings. The Morgan fingerprint density at radius 1 is 0.304 bits per heavy atom. The Bertz CT molecular complexity index is 688. The van der Waals surface area contributed by atoms with E-state index in [0.29, 0.717) is 85.5 Å². The van der Waals surface area contributed by atoms with Crippen LogP contribution in [0.2, 0.25) is 0 Å². The zero-order valence-corrected chi connectivity index (χ0v) is 36.1. The predicted octanol–water partition coefficient (Wildman–Crippen LogP) is 1.52. The van der Waals surface area contributed by atoms with Crippen LogP contribution < -0.4 is 21.3 Å². The molecular formula is C38H80N4O14. The molecule has 0 aromatic heterocycles. The summed E-state index contributed by atoms with van der Waals surface area (Å²) in [5.41, 5.74) is 0. The summed E-state index contributed by atoms with van der Waals surface area (Å²) in [6.45, 7) is 8.84. The fraction of sp³-hybridized carbons (Fsp3) is 0.895. The minimum Gasteiger partial charge on any atom is -0.385 e. The molecule has 336 valence electrons. The van der Waals surface area contributed by atoms with Crippen LogP contribution in [0.4, 0.5) is 0 Å². The first-order chi connectivity index (χ1) is 27.2. The Morgan fingerprint density at radius 2 is 0.589 bits per heavy atom. The highest BCUT2D eigenvalue weighted by molar-refractivity contribution is 5.77. The highest BCUT2D eigenvalue weighted by Gasteiger charge is 1.99. The van der Waals surface area contributed by atoms with Crippen LogP contribution in [-0.2, 0) is 66.5 Å². The zero-order chi connectivity index (χ0) is 42.6. The maximum atomic E-state index is 10.8. The number of likely N-dealkylation sites (N-methyl/N-ethyl adjacent to an activating group) is 2. The molecule has 0 saturated heterocycles. The van der Waals surface area contributed by atoms with E-state index in [9.17, 15) is 19.2 Å². The Hall–Kier alpha value is -2.52. The highest BCUT2D eigenvalue weighted by Crippen LogP contribution is 2.00. The molecule has 0 heterocycles. The van der Waals surface area contributed by atoms with Crippen LogP contribution in [0.15, 0.2) is 0 Å². The molecule has 0 aliphatic heterocycles. The Morgan fingerprint density at radius 3 is 1.04 bits per heavy atom. The van der Waals surface area contributed by atoms with E-state index in [4.69, 9.17) is 47.4 Å². The lowest BCUT2D eigenvalue weighted by atomic mass is 10.2. The van der Waals surface area contributed by atoms with Gasteiger partial charge in [0.05, 0.1) is 52.9 Å². The van der Waals surface area contributed by atoms with Crippen molar-refractivity contribution in [2.24, 2.45) is 0 Å². The average molecular weight is 817 g/mol. The monoisotopic (exact) mass is 817 g/mol. The van der Waals surface area contributed by atoms with Gasteiger partial charge in [0.15, 0.2) is 0 Å². The second kappa shape index (κ2) is 56.8. The van der Waals surface area contributed by atoms with Gasteiger partial charge < -0.3 is 68.6 Å². The normalized spacial score (nSPS) is 10.1. The van der Waals surface area contributed by atoms with Crippen molar-refractivity contribution < 1.29 is 66.5 Å². The molecule has 0 unspecified atom stereocenters. The van der Waals surface area contributed by atoms with Gasteiger partial charge in [-0.25, -0.2) is 0 Å². The Kier molecular flexibility index (Phi) is 61.0. The lowest BCUT2D eigenvalue weighted by Gasteiger charge is -2.04. The molecule has 0 aromatic rings. The van der Waals surface area contributed by atoms with Gasteiger partial charge in [-0.15, -0.1) is 0 Å². The first-order valence-electron chi connectivity index (χ1n) is 19.5. The topological polar surface area (TPSA) is 209 Å². The minimum atomic E-state index is -0.121. The van der Waals surface area contributed by atoms with Crippen molar-refractivity contribution in [2.75, 3.05) is 162 Å². The number of unbranched alkanes of at least 4 members (excludes halogenated alkanes) is 5. The SMILES string of the molecule is CNC(=O)CCOCCCCCOC.CNC(=O)CCOCCOCCOC.CNC(=O)COCCCCCCOC.CNC(=O)COCCOCCCOC. The summed E-state index contributed by atoms with van der Waals surface area (Å²) in [6, 6.07) is 0. The first kappa shape index (κ1) is 60.2. The molecule has 4 N–H and O–H groups in total. The minimum absolute atomic E-state index is 0.00898. The van der Waals surface area contributed by atoms with Crippen molar-refractivity contribution in [3.63, 3.8) is 0 Å². The van der Waals surface area contributed by atoms with Crippen molar-refractivity contribution in [3.05, 3.63) is 0 Å². The largest absolute Gasteiger partial charge is 0.385 e. The molecule has 0 radical (unpaired) electrons. The lowest BCUT2D eigenvalue weighted by molar-refractivity contribution is -0.126. The molecule has 0 atom stereocenters. The van der Waals surface area contributed by atoms with E-state index in [0.717, 1.165) is 71.2 Å². The molecular weight excluding hydrogens is 736 g/mol. The lowest BCUT2D eigenvalue weighted by Crippen LogP contribution is -2.24. The summed E-state index contributed by atoms with van der Waals surface area (Å²) >= 11 is 0. The third kappa shape index (κ3) is 63.4. The summed E-state index contributed by atoms with van der Waals surface area (Å²) < 4.78 is 50.5. The zero-order valence-electron chi connectivity index (χ0n) is 36.1. The fourth-order valence-corrected chi connectivity index (χ4v) is 3.58. The average Bonchev–Trinajstić information content (AvgIpc) is 3.22. The molecule has 0 aliphatic rings. The van der Waals surface area contributed by atoms with Gasteiger partial charge in [-0.1, -0.05) is 12.8 Å². The van der Waals surface area contributed by atoms with E-state index in [-0.39, 0.29) is 36.8 Å². The summed E-state index contributed by atoms with van der Waals surface area (Å²) in [7, 11) is 13.1. The van der Waals surface area contributed by atoms with Crippen molar-refractivity contribution in [3.8, 4) is 0 Å². The van der Waals surface area contributed by atoms with Gasteiger partial charge in [-0.2, -0.15) is 0 Å². The van der Waals surface area contributed by atoms with Gasteiger partial charge in [-0.05, 0) is 38.5 Å². The number of ether oxygens (including phenoxy) is 10. The number of nitrogens with one attached hydrogen (secondary N) is 4. The second-order valence-electron chi connectivity index (χ2n) is 11.5. The molecule has 56 heavy (non-hydrogen) atoms. The van der Waals surface area contributed by atoms with Crippen molar-refractivity contribution in [1.29, 1.82) is 0 Å². The summed E-state index contributed by atoms with van der Waals surface area (Å²) in [6.07, 6.45) is 9.39. The van der Waals surface area contributed by atoms with Crippen LogP contribution in [0.1, 0.15) is 64.2 Å². The van der Waals surface area contributed by atoms with Crippen LogP contribution in [0, 0.1) is 0 Å². The van der Waals surface area contributed by atoms with Crippen LogP contribution in [0.5, 0.6) is 0 Å². The van der Waals surface area contributed by atoms with Gasteiger partial charge in [0.2, 0.25) is 23.6 Å². The Labute approximate surface area is 337 Å². The Balaban J connectivity index is -0.000000322. The smallest absolute Gasteiger partial charge is 0.245 e. The molecule has 0 saturated carbocycles. The number of carbonyl (C=O) groups excluding carboxylic acids is 4. The maximum Gasteiger partial charge on any atom is 0.245 e. The van der Waals surface area contributed by atoms with Gasteiger partial charge >= 0.3 is 0 Å². The number of hydrogen-bond donors (Lipinski definition) is 4. The number of carbonyl (C=O) groups is 4. The predicted molar refractivity (Wildman–Crippen MR) is 215 cm³/mol. The van der Waals surface area contributed by atoms with Gasteiger partial charge in [0, 0.05) is 109 Å². The number of methoxy groups -OCH3 is 4. The first-order valence-corrected chi connectivity index (χ1v) is 19.5. The maximum absolute atomic E-state index is 10.8. The van der Waals surface area contributed by atoms with Crippen LogP contribution >= 0.6 is 0 Å². The number of hydrogen-bond acceptors (Lipinski definition) is 14. The van der Waals surface area contributed by atoms with E-state index < -0.39 is 0 Å². The quantitative estimate of drug-likeness (QED) is 0.0662. The van der Waals surface area contributed by atoms with E-state index in [2.05, 4.69) is 21.3 Å². The number of amides is 4. The van der Waals surface area contributed by atoms with Crippen LogP contribution in [0.3, 0.4) is 0 Å². The summed E-state index contributed by atoms with van der Waals surface area (Å²) in [5, 5.41) is 10.0. The molecule has 0 aromatic carbocycles. The third-order valence-corrected chi connectivity index (χ3v) is 6.87. The van der Waals surface area contributed by atoms with Crippen LogP contribution in [-0.4, -0.2) is 186 Å². The standard InChI is InChI=1S/2C10H21NO3.2C9H19NO4/c1-11-10(12)6-9-14-8-5-3-4-7-13-2;1-11-10(12)9-14-8-6-4-3-5-7-13-2;1-10-9(11)3-4-13-7-8-14-6-5-12-2;1-10-9(11)8-14-7-6-13-5-3-4-12-2/h2*3-9H2,1-2H3,(H,11,12);2*3-8H2,1-2H3,(H,10,11). The highest BCUT2D eigenvalue weighted by atomic mass is 16.5. The van der Waals surface area contributed by atoms with E-state index in [1.165, 1.54) is 0 Å². The molecule has 18 nitrogen and oxygen atoms in total. The van der Waals surface area contributed by atoms with E-state index in [1.54, 1.807) is 56.6 Å². The molecule has 18 heteroatoms. The summed E-state index contributed by atoms with van der Waals surface area (Å²) in [4.78, 5) is 43.0. The third-order valence-electron chi connectivity index (χ3n) is 6.87. The van der Waals surface area contributed by atoms with Gasteiger partial charge in [0.1, 0.15) is 13.2 Å². The summed E-state index contributed by atoms with van der Waals surface area (Å²) in [5.74, 6) is -0.163. The van der Waals surface area contributed by atoms with Gasteiger partial charge in [0.25, 0.3) is 0 Å². The van der Waals surface area contributed by atoms with Crippen molar-refractivity contribution in [2.45, 2.75) is 64.2 Å². The fourth-order valence-electron chi connectivity index (χ4n) is 3.58. The molecule has 0 rings (SSSR count). The van der Waals surface area contributed by atoms with E-state index in [1.807, 2.05) is 0 Å². The van der Waals surface area contributed by atoms with Crippen molar-refractivity contribution >= 4 is 23.6 Å². The van der Waals surface area contributed by atoms with Gasteiger partial charge in [-0.3, -0.25) is 19.2 Å². The molecule has 0 spiro atoms. The van der Waals surface area contributed by atoms with Crippen LogP contribution in [0.25, 0.3) is 0 Å². The molecule has 4 amide bonds. The van der Waals surface area contributed by atoms with Crippen molar-refractivity contribution in [1.82, 2.24) is 21.3 Å². The number of rotatable bonds is 36. The van der Waals surface area contributed by atoms with E-state index >= 15 is 0 Å².